The van der Waals surface area contributed by atoms with E-state index in [0.29, 0.717) is 0 Å². The van der Waals surface area contributed by atoms with Crippen molar-refractivity contribution in [2.75, 3.05) is 26.2 Å². The summed E-state index contributed by atoms with van der Waals surface area (Å²) in [5, 5.41) is 20.0. The molecule has 46 heavy (non-hydrogen) atoms. The molecule has 10 heteroatoms. The van der Waals surface area contributed by atoms with Gasteiger partial charge in [0.1, 0.15) is 0 Å². The number of carbonyl (C=O) groups is 2. The summed E-state index contributed by atoms with van der Waals surface area (Å²) in [5.41, 5.74) is 4.21. The van der Waals surface area contributed by atoms with E-state index in [4.69, 9.17) is 20.0 Å². The molecule has 1 aliphatic rings. The molecule has 0 amide bonds. The number of aliphatic imine (C=N–C) groups is 4. The predicted octanol–water partition coefficient (Wildman–Crippen LogP) is 6.03. The molecule has 0 saturated heterocycles. The van der Waals surface area contributed by atoms with Gasteiger partial charge in [-0.05, 0) is 47.7 Å². The third-order valence-corrected chi connectivity index (χ3v) is 4.78. The van der Waals surface area contributed by atoms with Gasteiger partial charge < -0.3 is 30.2 Å². The molecule has 0 aromatic heterocycles. The van der Waals surface area contributed by atoms with Gasteiger partial charge in [0.2, 0.25) is 0 Å². The van der Waals surface area contributed by atoms with Crippen LogP contribution in [0, 0.1) is 34.5 Å². The Kier molecular flexibility index (Phi) is 25.2. The third-order valence-electron chi connectivity index (χ3n) is 4.78. The summed E-state index contributed by atoms with van der Waals surface area (Å²) in [4.78, 5) is 39.7. The van der Waals surface area contributed by atoms with Crippen LogP contribution in [0.5, 0.6) is 0 Å². The molecular weight excluding hydrogens is 765 g/mol. The van der Waals surface area contributed by atoms with Crippen LogP contribution >= 0.6 is 0 Å². The Balaban J connectivity index is -0.000000458. The van der Waals surface area contributed by atoms with Crippen LogP contribution in [0.15, 0.2) is 43.6 Å². The standard InChI is InChI=1S/C26H46N4.2C5H8O2.2Pd/c1-23(2,3)15-27-19-13-21(29-17-25(7,8)9)22(30-18-26(10,11)12)14-20(19)28-16-24(4,5)6;2*1-4(6)3-5(2)7;;/h13-14H,15-18H2,1-12H3;2*3,6H,1-2H3;;/q-2;;;2*+2/p-2/b;2*4-3-;;. The molecule has 0 aromatic rings. The number of hydrogen-bond donors (Lipinski definition) is 0. The Labute approximate surface area is 308 Å². The van der Waals surface area contributed by atoms with Crippen LogP contribution in [0.4, 0.5) is 0 Å². The van der Waals surface area contributed by atoms with Crippen molar-refractivity contribution in [3.8, 4) is 0 Å². The topological polar surface area (TPSA) is 130 Å². The number of rotatable bonds is 6. The number of hydrogen-bond acceptors (Lipinski definition) is 8. The van der Waals surface area contributed by atoms with Gasteiger partial charge in [0.05, 0.1) is 0 Å². The van der Waals surface area contributed by atoms with E-state index in [2.05, 4.69) is 95.9 Å². The first-order valence-electron chi connectivity index (χ1n) is 15.2. The zero-order chi connectivity index (χ0) is 35.1. The molecule has 0 heterocycles. The van der Waals surface area contributed by atoms with Crippen LogP contribution in [0.25, 0.3) is 0 Å². The Hall–Kier alpha value is -1.84. The Morgan fingerprint density at radius 2 is 0.674 bits per heavy atom. The number of allylic oxidation sites excluding steroid dienone is 4. The molecule has 0 spiro atoms. The fraction of sp³-hybridized carbons (Fsp3) is 0.667. The second kappa shape index (κ2) is 22.7. The van der Waals surface area contributed by atoms with Crippen molar-refractivity contribution in [2.24, 2.45) is 41.6 Å². The minimum absolute atomic E-state index is 0. The van der Waals surface area contributed by atoms with E-state index in [9.17, 15) is 19.8 Å². The molecule has 0 aliphatic heterocycles. The summed E-state index contributed by atoms with van der Waals surface area (Å²) in [6.07, 6.45) is 6.31. The van der Waals surface area contributed by atoms with E-state index < -0.39 is 0 Å². The summed E-state index contributed by atoms with van der Waals surface area (Å²) in [5.74, 6) is -0.750. The second-order valence-electron chi connectivity index (χ2n) is 16.1. The van der Waals surface area contributed by atoms with Crippen LogP contribution in [0.3, 0.4) is 0 Å². The fourth-order valence-electron chi connectivity index (χ4n) is 2.92. The number of nitrogens with zero attached hydrogens (tertiary/aromatic N) is 4. The minimum Gasteiger partial charge on any atom is -0.876 e. The van der Waals surface area contributed by atoms with E-state index >= 15 is 0 Å². The molecule has 1 fully saturated rings. The van der Waals surface area contributed by atoms with Gasteiger partial charge in [-0.25, -0.2) is 12.8 Å². The summed E-state index contributed by atoms with van der Waals surface area (Å²) >= 11 is 0. The third kappa shape index (κ3) is 33.5. The van der Waals surface area contributed by atoms with Crippen LogP contribution < -0.4 is 10.2 Å². The average Bonchev–Trinajstić information content (AvgIpc) is 2.76. The largest absolute Gasteiger partial charge is 2.00 e. The smallest absolute Gasteiger partial charge is 0.876 e. The summed E-state index contributed by atoms with van der Waals surface area (Å²) in [7, 11) is 0. The molecule has 1 aliphatic carbocycles. The molecule has 268 valence electrons. The maximum atomic E-state index is 9.98. The molecule has 1 rings (SSSR count). The fourth-order valence-corrected chi connectivity index (χ4v) is 2.92. The molecular formula is C36H60N4O4Pd2. The van der Waals surface area contributed by atoms with Gasteiger partial charge >= 0.3 is 40.8 Å². The van der Waals surface area contributed by atoms with Crippen molar-refractivity contribution >= 4 is 34.4 Å². The van der Waals surface area contributed by atoms with Crippen molar-refractivity contribution in [2.45, 2.75) is 111 Å². The molecule has 0 atom stereocenters. The van der Waals surface area contributed by atoms with Gasteiger partial charge in [-0.15, -0.1) is 34.4 Å². The van der Waals surface area contributed by atoms with Crippen LogP contribution in [0.2, 0.25) is 0 Å². The predicted molar refractivity (Wildman–Crippen MR) is 185 cm³/mol. The molecule has 0 bridgehead atoms. The van der Waals surface area contributed by atoms with Crippen molar-refractivity contribution in [3.63, 3.8) is 0 Å². The van der Waals surface area contributed by atoms with E-state index in [1.165, 1.54) is 27.7 Å². The number of carbonyl (C=O) groups excluding carboxylic acids is 2. The summed E-state index contributed by atoms with van der Waals surface area (Å²) < 4.78 is 0. The molecule has 8 nitrogen and oxygen atoms in total. The quantitative estimate of drug-likeness (QED) is 0.140. The molecule has 0 N–H and O–H groups in total. The monoisotopic (exact) mass is 824 g/mol. The normalized spacial score (nSPS) is 17.8. The Morgan fingerprint density at radius 3 is 0.761 bits per heavy atom. The molecule has 0 unspecified atom stereocenters. The zero-order valence-corrected chi connectivity index (χ0v) is 34.3. The average molecular weight is 826 g/mol. The Morgan fingerprint density at radius 1 is 0.500 bits per heavy atom. The second-order valence-corrected chi connectivity index (χ2v) is 16.1. The SMILES string of the molecule is CC(=O)/C=C(/C)[O-].CC(=O)/C=C(/C)[O-].CC(C)(C)CN=C1[CH-]C(=NCC(C)(C)C)C(=NCC(C)(C)C)[CH-]C1=NCC(C)(C)C.[Pd+2].[Pd+2]. The first kappa shape index (κ1) is 51.0. The van der Waals surface area contributed by atoms with Crippen molar-refractivity contribution in [1.29, 1.82) is 0 Å². The van der Waals surface area contributed by atoms with E-state index in [1.54, 1.807) is 0 Å². The van der Waals surface area contributed by atoms with Crippen molar-refractivity contribution in [3.05, 3.63) is 36.5 Å². The summed E-state index contributed by atoms with van der Waals surface area (Å²) in [6.45, 7) is 34.9. The van der Waals surface area contributed by atoms with E-state index in [-0.39, 0.29) is 85.6 Å². The van der Waals surface area contributed by atoms with Gasteiger partial charge in [-0.2, -0.15) is 0 Å². The summed E-state index contributed by atoms with van der Waals surface area (Å²) in [6, 6.07) is 0. The van der Waals surface area contributed by atoms with Crippen LogP contribution in [-0.4, -0.2) is 60.6 Å². The molecule has 1 saturated carbocycles. The van der Waals surface area contributed by atoms with Crippen LogP contribution in [0.1, 0.15) is 111 Å². The maximum Gasteiger partial charge on any atom is 2.00 e. The van der Waals surface area contributed by atoms with E-state index in [0.717, 1.165) is 61.2 Å². The van der Waals surface area contributed by atoms with Crippen LogP contribution in [-0.2, 0) is 50.4 Å². The van der Waals surface area contributed by atoms with Gasteiger partial charge in [-0.1, -0.05) is 96.9 Å². The zero-order valence-electron chi connectivity index (χ0n) is 31.2. The number of ketones is 2. The van der Waals surface area contributed by atoms with Gasteiger partial charge in [0.15, 0.2) is 11.6 Å². The maximum absolute atomic E-state index is 9.98. The minimum atomic E-state index is -0.187. The molecule has 0 aromatic carbocycles. The van der Waals surface area contributed by atoms with Gasteiger partial charge in [0.25, 0.3) is 0 Å². The Bertz CT molecular complexity index is 978. The van der Waals surface area contributed by atoms with Crippen molar-refractivity contribution in [1.82, 2.24) is 0 Å². The van der Waals surface area contributed by atoms with E-state index in [1.807, 2.05) is 0 Å². The first-order valence-corrected chi connectivity index (χ1v) is 15.2. The molecule has 0 radical (unpaired) electrons. The van der Waals surface area contributed by atoms with Gasteiger partial charge in [-0.3, -0.25) is 9.59 Å². The first-order chi connectivity index (χ1) is 19.6. The van der Waals surface area contributed by atoms with Crippen molar-refractivity contribution < 1.29 is 60.6 Å². The van der Waals surface area contributed by atoms with Gasteiger partial charge in [0, 0.05) is 26.2 Å².